The first-order chi connectivity index (χ1) is 9.41. The van der Waals surface area contributed by atoms with E-state index < -0.39 is 0 Å². The molecule has 0 atom stereocenters. The second-order valence-electron chi connectivity index (χ2n) is 4.64. The average molecular weight is 257 g/mol. The van der Waals surface area contributed by atoms with Crippen molar-refractivity contribution in [3.8, 4) is 36.0 Å². The highest BCUT2D eigenvalue weighted by molar-refractivity contribution is 5.26. The Morgan fingerprint density at radius 3 is 2.11 bits per heavy atom. The van der Waals surface area contributed by atoms with Gasteiger partial charge >= 0.3 is 0 Å². The van der Waals surface area contributed by atoms with Crippen molar-refractivity contribution in [2.45, 2.75) is 64.7 Å². The SMILES string of the molecule is C#CCNCC#CC#CCCCCCCCCCC. The number of hydrogen-bond acceptors (Lipinski definition) is 1. The highest BCUT2D eigenvalue weighted by Gasteiger charge is 1.89. The summed E-state index contributed by atoms with van der Waals surface area (Å²) in [6.07, 6.45) is 16.8. The first-order valence-electron chi connectivity index (χ1n) is 7.51. The van der Waals surface area contributed by atoms with Crippen molar-refractivity contribution in [1.29, 1.82) is 0 Å². The minimum Gasteiger partial charge on any atom is -0.295 e. The molecule has 0 saturated heterocycles. The molecule has 0 heterocycles. The second-order valence-corrected chi connectivity index (χ2v) is 4.64. The minimum atomic E-state index is 0.570. The van der Waals surface area contributed by atoms with E-state index in [-0.39, 0.29) is 0 Å². The van der Waals surface area contributed by atoms with Crippen molar-refractivity contribution in [1.82, 2.24) is 5.32 Å². The lowest BCUT2D eigenvalue weighted by Gasteiger charge is -1.98. The lowest BCUT2D eigenvalue weighted by atomic mass is 10.1. The molecule has 19 heavy (non-hydrogen) atoms. The van der Waals surface area contributed by atoms with Crippen LogP contribution in [0.25, 0.3) is 0 Å². The van der Waals surface area contributed by atoms with Gasteiger partial charge in [0, 0.05) is 6.42 Å². The zero-order valence-corrected chi connectivity index (χ0v) is 12.4. The van der Waals surface area contributed by atoms with Crippen LogP contribution in [0, 0.1) is 36.0 Å². The van der Waals surface area contributed by atoms with Gasteiger partial charge in [-0.15, -0.1) is 6.42 Å². The summed E-state index contributed by atoms with van der Waals surface area (Å²) in [6, 6.07) is 0. The average Bonchev–Trinajstić information content (AvgIpc) is 2.43. The van der Waals surface area contributed by atoms with Crippen LogP contribution in [0.5, 0.6) is 0 Å². The van der Waals surface area contributed by atoms with Gasteiger partial charge in [0.15, 0.2) is 0 Å². The fraction of sp³-hybridized carbons (Fsp3) is 0.667. The van der Waals surface area contributed by atoms with Crippen LogP contribution in [0.15, 0.2) is 0 Å². The lowest BCUT2D eigenvalue weighted by molar-refractivity contribution is 0.579. The molecule has 1 heteroatoms. The van der Waals surface area contributed by atoms with Crippen LogP contribution in [0.3, 0.4) is 0 Å². The third kappa shape index (κ3) is 16.6. The molecule has 0 aliphatic heterocycles. The van der Waals surface area contributed by atoms with Crippen molar-refractivity contribution >= 4 is 0 Å². The standard InChI is InChI=1S/C18H27N/c1-3-5-6-7-8-9-10-11-12-13-14-15-16-18-19-17-4-2/h2,19H,3,5-12,17-18H2,1H3. The van der Waals surface area contributed by atoms with E-state index in [1.165, 1.54) is 51.4 Å². The Kier molecular flexibility index (Phi) is 15.4. The molecule has 0 aromatic carbocycles. The molecule has 0 aromatic heterocycles. The maximum atomic E-state index is 5.09. The van der Waals surface area contributed by atoms with Gasteiger partial charge in [-0.25, -0.2) is 0 Å². The van der Waals surface area contributed by atoms with E-state index in [0.29, 0.717) is 13.1 Å². The van der Waals surface area contributed by atoms with Gasteiger partial charge in [-0.1, -0.05) is 69.6 Å². The summed E-state index contributed by atoms with van der Waals surface area (Å²) < 4.78 is 0. The van der Waals surface area contributed by atoms with E-state index in [9.17, 15) is 0 Å². The van der Waals surface area contributed by atoms with E-state index in [1.807, 2.05) is 0 Å². The Morgan fingerprint density at radius 2 is 1.42 bits per heavy atom. The molecule has 0 unspecified atom stereocenters. The smallest absolute Gasteiger partial charge is 0.0594 e. The van der Waals surface area contributed by atoms with Crippen molar-refractivity contribution in [2.24, 2.45) is 0 Å². The van der Waals surface area contributed by atoms with E-state index in [0.717, 1.165) is 6.42 Å². The van der Waals surface area contributed by atoms with Crippen LogP contribution in [0.2, 0.25) is 0 Å². The molecule has 0 amide bonds. The Balaban J connectivity index is 3.23. The van der Waals surface area contributed by atoms with Crippen molar-refractivity contribution in [2.75, 3.05) is 13.1 Å². The molecule has 0 aliphatic carbocycles. The zero-order valence-electron chi connectivity index (χ0n) is 12.4. The quantitative estimate of drug-likeness (QED) is 0.464. The number of rotatable bonds is 10. The molecule has 1 nitrogen and oxygen atoms in total. The summed E-state index contributed by atoms with van der Waals surface area (Å²) in [5.74, 6) is 14.2. The van der Waals surface area contributed by atoms with Crippen LogP contribution in [0.4, 0.5) is 0 Å². The van der Waals surface area contributed by atoms with Crippen molar-refractivity contribution < 1.29 is 0 Å². The lowest BCUT2D eigenvalue weighted by Crippen LogP contribution is -2.13. The monoisotopic (exact) mass is 257 g/mol. The minimum absolute atomic E-state index is 0.570. The van der Waals surface area contributed by atoms with Gasteiger partial charge in [-0.2, -0.15) is 0 Å². The molecule has 0 fully saturated rings. The molecular weight excluding hydrogens is 230 g/mol. The molecule has 0 rings (SSSR count). The number of unbranched alkanes of at least 4 members (excludes halogenated alkanes) is 8. The van der Waals surface area contributed by atoms with Crippen molar-refractivity contribution in [3.63, 3.8) is 0 Å². The summed E-state index contributed by atoms with van der Waals surface area (Å²) in [4.78, 5) is 0. The Hall–Kier alpha value is -1.36. The second kappa shape index (κ2) is 16.6. The third-order valence-corrected chi connectivity index (χ3v) is 2.84. The molecule has 0 bridgehead atoms. The molecule has 0 aromatic rings. The fourth-order valence-electron chi connectivity index (χ4n) is 1.74. The van der Waals surface area contributed by atoms with Crippen LogP contribution in [0.1, 0.15) is 64.7 Å². The molecule has 0 radical (unpaired) electrons. The summed E-state index contributed by atoms with van der Waals surface area (Å²) in [5.41, 5.74) is 0. The Labute approximate surface area is 119 Å². The van der Waals surface area contributed by atoms with Gasteiger partial charge in [0.2, 0.25) is 0 Å². The van der Waals surface area contributed by atoms with E-state index in [1.54, 1.807) is 0 Å². The summed E-state index contributed by atoms with van der Waals surface area (Å²) in [5, 5.41) is 3.00. The van der Waals surface area contributed by atoms with Crippen LogP contribution >= 0.6 is 0 Å². The van der Waals surface area contributed by atoms with Gasteiger partial charge in [-0.05, 0) is 18.3 Å². The van der Waals surface area contributed by atoms with Crippen LogP contribution < -0.4 is 5.32 Å². The first kappa shape index (κ1) is 17.6. The number of hydrogen-bond donors (Lipinski definition) is 1. The zero-order chi connectivity index (χ0) is 14.0. The van der Waals surface area contributed by atoms with Gasteiger partial charge in [-0.3, -0.25) is 5.32 Å². The summed E-state index contributed by atoms with van der Waals surface area (Å²) in [6.45, 7) is 3.45. The predicted octanol–water partition coefficient (Wildman–Crippen LogP) is 3.75. The Morgan fingerprint density at radius 1 is 0.789 bits per heavy atom. The normalized spacial score (nSPS) is 8.84. The first-order valence-corrected chi connectivity index (χ1v) is 7.51. The maximum absolute atomic E-state index is 5.09. The summed E-state index contributed by atoms with van der Waals surface area (Å²) >= 11 is 0. The largest absolute Gasteiger partial charge is 0.295 e. The molecule has 104 valence electrons. The highest BCUT2D eigenvalue weighted by Crippen LogP contribution is 2.08. The number of terminal acetylenes is 1. The van der Waals surface area contributed by atoms with E-state index >= 15 is 0 Å². The van der Waals surface area contributed by atoms with Crippen molar-refractivity contribution in [3.05, 3.63) is 0 Å². The molecule has 0 saturated carbocycles. The van der Waals surface area contributed by atoms with Crippen LogP contribution in [-0.4, -0.2) is 13.1 Å². The summed E-state index contributed by atoms with van der Waals surface area (Å²) in [7, 11) is 0. The maximum Gasteiger partial charge on any atom is 0.0594 e. The molecule has 1 N–H and O–H groups in total. The third-order valence-electron chi connectivity index (χ3n) is 2.84. The number of nitrogens with one attached hydrogen (secondary N) is 1. The molecule has 0 spiro atoms. The fourth-order valence-corrected chi connectivity index (χ4v) is 1.74. The van der Waals surface area contributed by atoms with Gasteiger partial charge in [0.25, 0.3) is 0 Å². The molecular formula is C18H27N. The topological polar surface area (TPSA) is 12.0 Å². The van der Waals surface area contributed by atoms with Gasteiger partial charge in [0.1, 0.15) is 0 Å². The van der Waals surface area contributed by atoms with E-state index in [2.05, 4.69) is 41.8 Å². The highest BCUT2D eigenvalue weighted by atomic mass is 14.8. The van der Waals surface area contributed by atoms with Crippen LogP contribution in [-0.2, 0) is 0 Å². The molecule has 0 aliphatic rings. The van der Waals surface area contributed by atoms with E-state index in [4.69, 9.17) is 6.42 Å². The van der Waals surface area contributed by atoms with Gasteiger partial charge < -0.3 is 0 Å². The Bertz CT molecular complexity index is 340. The van der Waals surface area contributed by atoms with Gasteiger partial charge in [0.05, 0.1) is 13.1 Å². The predicted molar refractivity (Wildman–Crippen MR) is 84.5 cm³/mol.